The summed E-state index contributed by atoms with van der Waals surface area (Å²) >= 11 is 0. The second-order valence-electron chi connectivity index (χ2n) is 7.54. The summed E-state index contributed by atoms with van der Waals surface area (Å²) in [6.07, 6.45) is 0.0139. The summed E-state index contributed by atoms with van der Waals surface area (Å²) in [4.78, 5) is 12.1. The first-order valence-corrected chi connectivity index (χ1v) is 12.2. The first-order chi connectivity index (χ1) is 16.3. The Morgan fingerprint density at radius 2 is 1.68 bits per heavy atom. The predicted molar refractivity (Wildman–Crippen MR) is 126 cm³/mol. The highest BCUT2D eigenvalue weighted by Gasteiger charge is 2.24. The Morgan fingerprint density at radius 3 is 2.29 bits per heavy atom. The minimum Gasteiger partial charge on any atom is -0.493 e. The van der Waals surface area contributed by atoms with Crippen LogP contribution in [0.25, 0.3) is 11.1 Å². The number of halogens is 1. The van der Waals surface area contributed by atoms with Gasteiger partial charge in [-0.05, 0) is 24.1 Å². The number of esters is 1. The molecule has 0 aliphatic carbocycles. The van der Waals surface area contributed by atoms with Gasteiger partial charge in [0.05, 0.1) is 24.5 Å². The second-order valence-corrected chi connectivity index (χ2v) is 9.29. The van der Waals surface area contributed by atoms with Gasteiger partial charge in [-0.25, -0.2) is 22.3 Å². The van der Waals surface area contributed by atoms with Gasteiger partial charge < -0.3 is 14.6 Å². The standard InChI is InChI=1S/C25H26FNO6S/c1-32-24-22(18-8-4-2-5-9-18)13-12-20(23(24)26)17-34(30,31)27-21(14-15-28)16-33-25(29)19-10-6-3-7-11-19/h2-13,21,27-28H,14-17H2,1H3/t21-/m1/s1. The minimum atomic E-state index is -4.04. The molecular weight excluding hydrogens is 461 g/mol. The molecule has 3 rings (SSSR count). The molecule has 0 aliphatic rings. The van der Waals surface area contributed by atoms with Gasteiger partial charge in [0.1, 0.15) is 6.61 Å². The van der Waals surface area contributed by atoms with Crippen molar-refractivity contribution in [3.63, 3.8) is 0 Å². The monoisotopic (exact) mass is 487 g/mol. The Morgan fingerprint density at radius 1 is 1.03 bits per heavy atom. The Bertz CT molecular complexity index is 1200. The number of methoxy groups -OCH3 is 1. The third-order valence-electron chi connectivity index (χ3n) is 5.06. The Labute approximate surface area is 198 Å². The average molecular weight is 488 g/mol. The van der Waals surface area contributed by atoms with E-state index in [2.05, 4.69) is 4.72 Å². The molecule has 3 aromatic carbocycles. The average Bonchev–Trinajstić information content (AvgIpc) is 2.84. The molecule has 3 aromatic rings. The Balaban J connectivity index is 1.73. The molecule has 9 heteroatoms. The van der Waals surface area contributed by atoms with Crippen molar-refractivity contribution in [3.8, 4) is 16.9 Å². The van der Waals surface area contributed by atoms with Gasteiger partial charge in [-0.3, -0.25) is 0 Å². The zero-order valence-electron chi connectivity index (χ0n) is 18.6. The molecule has 7 nitrogen and oxygen atoms in total. The van der Waals surface area contributed by atoms with Crippen LogP contribution in [0.3, 0.4) is 0 Å². The van der Waals surface area contributed by atoms with E-state index in [0.717, 1.165) is 5.56 Å². The summed E-state index contributed by atoms with van der Waals surface area (Å²) in [5.41, 5.74) is 1.48. The molecule has 0 saturated heterocycles. The lowest BCUT2D eigenvalue weighted by atomic mass is 10.0. The van der Waals surface area contributed by atoms with E-state index >= 15 is 4.39 Å². The van der Waals surface area contributed by atoms with Crippen LogP contribution in [0.1, 0.15) is 22.3 Å². The molecule has 0 heterocycles. The summed E-state index contributed by atoms with van der Waals surface area (Å²) in [6, 6.07) is 19.4. The van der Waals surface area contributed by atoms with Gasteiger partial charge in [0, 0.05) is 17.7 Å². The fraction of sp³-hybridized carbons (Fsp3) is 0.240. The maximum atomic E-state index is 15.1. The van der Waals surface area contributed by atoms with E-state index in [1.165, 1.54) is 13.2 Å². The number of aliphatic hydroxyl groups is 1. The van der Waals surface area contributed by atoms with Crippen LogP contribution in [0.4, 0.5) is 4.39 Å². The van der Waals surface area contributed by atoms with E-state index in [4.69, 9.17) is 9.47 Å². The van der Waals surface area contributed by atoms with Gasteiger partial charge in [-0.2, -0.15) is 0 Å². The van der Waals surface area contributed by atoms with Crippen LogP contribution < -0.4 is 9.46 Å². The quantitative estimate of drug-likeness (QED) is 0.401. The van der Waals surface area contributed by atoms with Crippen molar-refractivity contribution in [3.05, 3.63) is 89.7 Å². The number of carbonyl (C=O) groups excluding carboxylic acids is 1. The fourth-order valence-electron chi connectivity index (χ4n) is 3.42. The van der Waals surface area contributed by atoms with E-state index in [1.54, 1.807) is 60.7 Å². The van der Waals surface area contributed by atoms with E-state index in [9.17, 15) is 18.3 Å². The van der Waals surface area contributed by atoms with Gasteiger partial charge in [-0.15, -0.1) is 0 Å². The maximum Gasteiger partial charge on any atom is 0.338 e. The van der Waals surface area contributed by atoms with E-state index < -0.39 is 33.6 Å². The minimum absolute atomic E-state index is 0.0139. The van der Waals surface area contributed by atoms with Crippen molar-refractivity contribution in [1.29, 1.82) is 0 Å². The van der Waals surface area contributed by atoms with Crippen LogP contribution in [0.5, 0.6) is 5.75 Å². The lowest BCUT2D eigenvalue weighted by Gasteiger charge is -2.19. The van der Waals surface area contributed by atoms with Crippen molar-refractivity contribution in [2.45, 2.75) is 18.2 Å². The molecule has 0 saturated carbocycles. The zero-order chi connectivity index (χ0) is 24.6. The number of sulfonamides is 1. The highest BCUT2D eigenvalue weighted by molar-refractivity contribution is 7.88. The largest absolute Gasteiger partial charge is 0.493 e. The molecule has 0 unspecified atom stereocenters. The molecular formula is C25H26FNO6S. The maximum absolute atomic E-state index is 15.1. The van der Waals surface area contributed by atoms with E-state index in [1.807, 2.05) is 6.07 Å². The molecule has 1 atom stereocenters. The molecule has 180 valence electrons. The normalized spacial score (nSPS) is 12.2. The van der Waals surface area contributed by atoms with Crippen molar-refractivity contribution < 1.29 is 32.2 Å². The van der Waals surface area contributed by atoms with Crippen molar-refractivity contribution in [2.24, 2.45) is 0 Å². The van der Waals surface area contributed by atoms with Crippen LogP contribution >= 0.6 is 0 Å². The van der Waals surface area contributed by atoms with Crippen molar-refractivity contribution >= 4 is 16.0 Å². The lowest BCUT2D eigenvalue weighted by molar-refractivity contribution is 0.0461. The zero-order valence-corrected chi connectivity index (χ0v) is 19.4. The summed E-state index contributed by atoms with van der Waals surface area (Å²) in [7, 11) is -2.72. The molecule has 0 spiro atoms. The van der Waals surface area contributed by atoms with Gasteiger partial charge in [-0.1, -0.05) is 60.7 Å². The number of hydrogen-bond donors (Lipinski definition) is 2. The molecule has 0 aliphatic heterocycles. The SMILES string of the molecule is COc1c(-c2ccccc2)ccc(CS(=O)(=O)N[C@H](CCO)COC(=O)c2ccccc2)c1F. The van der Waals surface area contributed by atoms with Crippen LogP contribution in [0.15, 0.2) is 72.8 Å². The number of aliphatic hydroxyl groups excluding tert-OH is 1. The van der Waals surface area contributed by atoms with Crippen LogP contribution in [-0.4, -0.2) is 45.9 Å². The molecule has 0 radical (unpaired) electrons. The summed E-state index contributed by atoms with van der Waals surface area (Å²) < 4.78 is 53.5. The van der Waals surface area contributed by atoms with Crippen molar-refractivity contribution in [1.82, 2.24) is 4.72 Å². The van der Waals surface area contributed by atoms with E-state index in [0.29, 0.717) is 11.1 Å². The predicted octanol–water partition coefficient (Wildman–Crippen LogP) is 3.53. The molecule has 0 bridgehead atoms. The summed E-state index contributed by atoms with van der Waals surface area (Å²) in [5.74, 6) is -2.10. The van der Waals surface area contributed by atoms with Gasteiger partial charge in [0.15, 0.2) is 11.6 Å². The highest BCUT2D eigenvalue weighted by atomic mass is 32.2. The third-order valence-corrected chi connectivity index (χ3v) is 6.44. The molecule has 0 amide bonds. The van der Waals surface area contributed by atoms with Crippen molar-refractivity contribution in [2.75, 3.05) is 20.3 Å². The number of rotatable bonds is 11. The molecule has 34 heavy (non-hydrogen) atoms. The van der Waals surface area contributed by atoms with Crippen LogP contribution in [0, 0.1) is 5.82 Å². The first kappa shape index (κ1) is 25.4. The molecule has 0 fully saturated rings. The number of nitrogens with one attached hydrogen (secondary N) is 1. The molecule has 0 aromatic heterocycles. The molecule has 2 N–H and O–H groups in total. The topological polar surface area (TPSA) is 102 Å². The first-order valence-electron chi connectivity index (χ1n) is 10.6. The third kappa shape index (κ3) is 6.63. The second kappa shape index (κ2) is 11.7. The smallest absolute Gasteiger partial charge is 0.338 e. The van der Waals surface area contributed by atoms with Gasteiger partial charge >= 0.3 is 5.97 Å². The highest BCUT2D eigenvalue weighted by Crippen LogP contribution is 2.34. The Kier molecular flexibility index (Phi) is 8.75. The number of carbonyl (C=O) groups is 1. The number of ether oxygens (including phenoxy) is 2. The van der Waals surface area contributed by atoms with Gasteiger partial charge in [0.2, 0.25) is 10.0 Å². The summed E-state index contributed by atoms with van der Waals surface area (Å²) in [6.45, 7) is -0.615. The van der Waals surface area contributed by atoms with Crippen LogP contribution in [0.2, 0.25) is 0 Å². The number of benzene rings is 3. The fourth-order valence-corrected chi connectivity index (χ4v) is 4.83. The van der Waals surface area contributed by atoms with Gasteiger partial charge in [0.25, 0.3) is 0 Å². The lowest BCUT2D eigenvalue weighted by Crippen LogP contribution is -2.40. The van der Waals surface area contributed by atoms with Crippen LogP contribution in [-0.2, 0) is 20.5 Å². The Hall–Kier alpha value is -3.27. The van der Waals surface area contributed by atoms with E-state index in [-0.39, 0.29) is 30.9 Å². The summed E-state index contributed by atoms with van der Waals surface area (Å²) in [5, 5.41) is 9.30. The number of hydrogen-bond acceptors (Lipinski definition) is 6.